The van der Waals surface area contributed by atoms with Crippen molar-refractivity contribution in [2.75, 3.05) is 12.3 Å². The van der Waals surface area contributed by atoms with Crippen molar-refractivity contribution >= 4 is 10.0 Å². The van der Waals surface area contributed by atoms with Crippen molar-refractivity contribution in [3.63, 3.8) is 0 Å². The van der Waals surface area contributed by atoms with Crippen LogP contribution in [0.2, 0.25) is 0 Å². The summed E-state index contributed by atoms with van der Waals surface area (Å²) in [6, 6.07) is 9.82. The maximum Gasteiger partial charge on any atom is 0.245 e. The highest BCUT2D eigenvalue weighted by atomic mass is 32.2. The molecule has 25 heavy (non-hydrogen) atoms. The van der Waals surface area contributed by atoms with E-state index in [1.807, 2.05) is 32.0 Å². The first-order chi connectivity index (χ1) is 12.0. The molecule has 2 aromatic rings. The molecule has 1 aliphatic rings. The van der Waals surface area contributed by atoms with Gasteiger partial charge >= 0.3 is 0 Å². The van der Waals surface area contributed by atoms with Crippen molar-refractivity contribution in [3.8, 4) is 0 Å². The summed E-state index contributed by atoms with van der Waals surface area (Å²) in [5, 5.41) is 4.05. The summed E-state index contributed by atoms with van der Waals surface area (Å²) in [6.45, 7) is 4.36. The lowest BCUT2D eigenvalue weighted by Gasteiger charge is -2.22. The Kier molecular flexibility index (Phi) is 5.54. The van der Waals surface area contributed by atoms with Crippen molar-refractivity contribution < 1.29 is 12.9 Å². The standard InChI is InChI=1S/C18H25N3O3S/c1-14(2)13-25(22,23)21-12-6-9-16(21)18-19-17(20-24-18)11-10-15-7-4-3-5-8-15/h3-5,7-8,14,16H,6,9-13H2,1-2H3/t16-/m0/s1. The lowest BCUT2D eigenvalue weighted by molar-refractivity contribution is 0.288. The van der Waals surface area contributed by atoms with Crippen molar-refractivity contribution in [2.24, 2.45) is 5.92 Å². The molecule has 0 radical (unpaired) electrons. The fraction of sp³-hybridized carbons (Fsp3) is 0.556. The monoisotopic (exact) mass is 363 g/mol. The zero-order chi connectivity index (χ0) is 17.9. The van der Waals surface area contributed by atoms with E-state index in [1.54, 1.807) is 4.31 Å². The Bertz CT molecular complexity index is 787. The van der Waals surface area contributed by atoms with E-state index in [9.17, 15) is 8.42 Å². The van der Waals surface area contributed by atoms with Gasteiger partial charge in [-0.25, -0.2) is 8.42 Å². The molecule has 2 heterocycles. The van der Waals surface area contributed by atoms with E-state index in [1.165, 1.54) is 5.56 Å². The summed E-state index contributed by atoms with van der Waals surface area (Å²) in [5.41, 5.74) is 1.22. The summed E-state index contributed by atoms with van der Waals surface area (Å²) in [4.78, 5) is 4.47. The summed E-state index contributed by atoms with van der Waals surface area (Å²) < 4.78 is 32.1. The highest BCUT2D eigenvalue weighted by Crippen LogP contribution is 2.34. The van der Waals surface area contributed by atoms with E-state index in [2.05, 4.69) is 22.3 Å². The van der Waals surface area contributed by atoms with E-state index < -0.39 is 10.0 Å². The molecule has 0 N–H and O–H groups in total. The molecule has 6 nitrogen and oxygen atoms in total. The molecule has 0 amide bonds. The molecular weight excluding hydrogens is 338 g/mol. The second-order valence-corrected chi connectivity index (χ2v) is 8.94. The molecule has 3 rings (SSSR count). The Morgan fingerprint density at radius 1 is 1.24 bits per heavy atom. The van der Waals surface area contributed by atoms with Gasteiger partial charge in [-0.1, -0.05) is 49.3 Å². The van der Waals surface area contributed by atoms with E-state index in [0.717, 1.165) is 19.3 Å². The first kappa shape index (κ1) is 18.1. The number of aromatic nitrogens is 2. The van der Waals surface area contributed by atoms with Gasteiger partial charge < -0.3 is 4.52 Å². The lowest BCUT2D eigenvalue weighted by atomic mass is 10.1. The van der Waals surface area contributed by atoms with Crippen LogP contribution < -0.4 is 0 Å². The maximum absolute atomic E-state index is 12.6. The first-order valence-electron chi connectivity index (χ1n) is 8.81. The minimum Gasteiger partial charge on any atom is -0.338 e. The first-order valence-corrected chi connectivity index (χ1v) is 10.4. The Balaban J connectivity index is 1.68. The molecule has 0 saturated carbocycles. The Hall–Kier alpha value is -1.73. The van der Waals surface area contributed by atoms with Crippen LogP contribution in [0.3, 0.4) is 0 Å². The van der Waals surface area contributed by atoms with E-state index in [4.69, 9.17) is 4.52 Å². The van der Waals surface area contributed by atoms with E-state index in [-0.39, 0.29) is 17.7 Å². The van der Waals surface area contributed by atoms with Crippen molar-refractivity contribution in [3.05, 3.63) is 47.6 Å². The zero-order valence-corrected chi connectivity index (χ0v) is 15.6. The average Bonchev–Trinajstić information content (AvgIpc) is 3.22. The molecule has 1 aliphatic heterocycles. The number of hydrogen-bond donors (Lipinski definition) is 0. The molecule has 1 atom stereocenters. The molecule has 1 fully saturated rings. The van der Waals surface area contributed by atoms with Gasteiger partial charge in [0.1, 0.15) is 6.04 Å². The quantitative estimate of drug-likeness (QED) is 0.756. The fourth-order valence-electron chi connectivity index (χ4n) is 3.24. The second kappa shape index (κ2) is 7.66. The second-order valence-electron chi connectivity index (χ2n) is 6.98. The van der Waals surface area contributed by atoms with Crippen LogP contribution in [0, 0.1) is 5.92 Å². The van der Waals surface area contributed by atoms with Crippen LogP contribution >= 0.6 is 0 Å². The van der Waals surface area contributed by atoms with Crippen LogP contribution in [0.15, 0.2) is 34.9 Å². The number of benzene rings is 1. The average molecular weight is 363 g/mol. The normalized spacial score (nSPS) is 18.9. The van der Waals surface area contributed by atoms with Crippen LogP contribution in [0.4, 0.5) is 0 Å². The minimum atomic E-state index is -3.30. The molecule has 0 unspecified atom stereocenters. The number of rotatable bonds is 7. The third-order valence-corrected chi connectivity index (χ3v) is 6.59. The van der Waals surface area contributed by atoms with Crippen LogP contribution in [-0.4, -0.2) is 35.2 Å². The Labute approximate surface area is 149 Å². The van der Waals surface area contributed by atoms with Gasteiger partial charge in [-0.15, -0.1) is 0 Å². The molecule has 0 spiro atoms. The van der Waals surface area contributed by atoms with Crippen LogP contribution in [0.5, 0.6) is 0 Å². The van der Waals surface area contributed by atoms with Gasteiger partial charge in [-0.2, -0.15) is 9.29 Å². The predicted molar refractivity (Wildman–Crippen MR) is 95.5 cm³/mol. The van der Waals surface area contributed by atoms with Crippen LogP contribution in [-0.2, 0) is 22.9 Å². The molecule has 1 saturated heterocycles. The van der Waals surface area contributed by atoms with Gasteiger partial charge in [0.25, 0.3) is 0 Å². The molecule has 7 heteroatoms. The SMILES string of the molecule is CC(C)CS(=O)(=O)N1CCC[C@H]1c1nc(CCc2ccccc2)no1. The van der Waals surface area contributed by atoms with Crippen LogP contribution in [0.25, 0.3) is 0 Å². The fourth-order valence-corrected chi connectivity index (χ4v) is 5.27. The highest BCUT2D eigenvalue weighted by Gasteiger charge is 2.38. The smallest absolute Gasteiger partial charge is 0.245 e. The number of nitrogens with zero attached hydrogens (tertiary/aromatic N) is 3. The predicted octanol–water partition coefficient (Wildman–Crippen LogP) is 2.98. The van der Waals surface area contributed by atoms with Crippen LogP contribution in [0.1, 0.15) is 50.0 Å². The van der Waals surface area contributed by atoms with Gasteiger partial charge in [-0.05, 0) is 30.7 Å². The Morgan fingerprint density at radius 3 is 2.72 bits per heavy atom. The van der Waals surface area contributed by atoms with Gasteiger partial charge in [0.2, 0.25) is 15.9 Å². The van der Waals surface area contributed by atoms with E-state index >= 15 is 0 Å². The highest BCUT2D eigenvalue weighted by molar-refractivity contribution is 7.89. The van der Waals surface area contributed by atoms with Crippen molar-refractivity contribution in [1.82, 2.24) is 14.4 Å². The molecule has 1 aromatic carbocycles. The summed E-state index contributed by atoms with van der Waals surface area (Å²) in [5.74, 6) is 1.30. The molecule has 1 aromatic heterocycles. The lowest BCUT2D eigenvalue weighted by Crippen LogP contribution is -2.34. The molecule has 0 bridgehead atoms. The van der Waals surface area contributed by atoms with Gasteiger partial charge in [0.15, 0.2) is 5.82 Å². The third-order valence-electron chi connectivity index (χ3n) is 4.35. The third kappa shape index (κ3) is 4.46. The van der Waals surface area contributed by atoms with Gasteiger partial charge in [-0.3, -0.25) is 0 Å². The summed E-state index contributed by atoms with van der Waals surface area (Å²) >= 11 is 0. The molecular formula is C18H25N3O3S. The molecule has 136 valence electrons. The topological polar surface area (TPSA) is 76.3 Å². The maximum atomic E-state index is 12.6. The molecule has 0 aliphatic carbocycles. The summed E-state index contributed by atoms with van der Waals surface area (Å²) in [7, 11) is -3.30. The van der Waals surface area contributed by atoms with E-state index in [0.29, 0.717) is 24.7 Å². The van der Waals surface area contributed by atoms with Gasteiger partial charge in [0.05, 0.1) is 5.75 Å². The largest absolute Gasteiger partial charge is 0.338 e. The zero-order valence-electron chi connectivity index (χ0n) is 14.8. The van der Waals surface area contributed by atoms with Crippen molar-refractivity contribution in [2.45, 2.75) is 45.6 Å². The summed E-state index contributed by atoms with van der Waals surface area (Å²) in [6.07, 6.45) is 3.07. The number of aryl methyl sites for hydroxylation is 2. The number of sulfonamides is 1. The Morgan fingerprint density at radius 2 is 2.00 bits per heavy atom. The number of hydrogen-bond acceptors (Lipinski definition) is 5. The van der Waals surface area contributed by atoms with Gasteiger partial charge in [0, 0.05) is 13.0 Å². The van der Waals surface area contributed by atoms with Crippen molar-refractivity contribution in [1.29, 1.82) is 0 Å². The minimum absolute atomic E-state index is 0.0929.